The monoisotopic (exact) mass is 593 g/mol. The predicted molar refractivity (Wildman–Crippen MR) is 130 cm³/mol. The number of aliphatic imine (C=N–C) groups is 1. The fraction of sp³-hybridized carbons (Fsp3) is 0.0435. The van der Waals surface area contributed by atoms with Crippen molar-refractivity contribution in [2.45, 2.75) is 6.61 Å². The van der Waals surface area contributed by atoms with Crippen LogP contribution >= 0.6 is 50.1 Å². The number of nitrogens with zero attached hydrogens (tertiary/aromatic N) is 1. The maximum absolute atomic E-state index is 12.3. The van der Waals surface area contributed by atoms with Crippen molar-refractivity contribution in [3.63, 3.8) is 0 Å². The molecular formula is C23H14BrClINO3. The van der Waals surface area contributed by atoms with Crippen LogP contribution in [0.1, 0.15) is 16.7 Å². The number of esters is 1. The van der Waals surface area contributed by atoms with Gasteiger partial charge in [-0.05, 0) is 70.6 Å². The van der Waals surface area contributed by atoms with Gasteiger partial charge in [0.1, 0.15) is 12.4 Å². The predicted octanol–water partition coefficient (Wildman–Crippen LogP) is 6.63. The zero-order chi connectivity index (χ0) is 21.1. The Kier molecular flexibility index (Phi) is 6.55. The number of carbonyl (C=O) groups is 1. The molecule has 0 aliphatic carbocycles. The van der Waals surface area contributed by atoms with Crippen LogP contribution in [0.25, 0.3) is 6.08 Å². The molecule has 0 radical (unpaired) electrons. The van der Waals surface area contributed by atoms with E-state index < -0.39 is 5.97 Å². The van der Waals surface area contributed by atoms with E-state index in [1.807, 2.05) is 60.7 Å². The molecule has 1 aliphatic heterocycles. The van der Waals surface area contributed by atoms with Crippen LogP contribution in [0.5, 0.6) is 5.75 Å². The second-order valence-electron chi connectivity index (χ2n) is 6.41. The van der Waals surface area contributed by atoms with Crippen molar-refractivity contribution in [3.8, 4) is 5.75 Å². The van der Waals surface area contributed by atoms with E-state index in [2.05, 4.69) is 43.5 Å². The molecular weight excluding hydrogens is 581 g/mol. The number of carbonyl (C=O) groups excluding carboxylic acids is 1. The first kappa shape index (κ1) is 21.1. The molecule has 4 rings (SSSR count). The van der Waals surface area contributed by atoms with Gasteiger partial charge >= 0.3 is 5.97 Å². The summed E-state index contributed by atoms with van der Waals surface area (Å²) in [4.78, 5) is 16.6. The highest BCUT2D eigenvalue weighted by Crippen LogP contribution is 2.26. The van der Waals surface area contributed by atoms with Gasteiger partial charge < -0.3 is 9.47 Å². The minimum Gasteiger partial charge on any atom is -0.489 e. The zero-order valence-corrected chi connectivity index (χ0v) is 19.9. The van der Waals surface area contributed by atoms with Gasteiger partial charge in [-0.2, -0.15) is 0 Å². The molecule has 1 aliphatic rings. The molecule has 0 spiro atoms. The van der Waals surface area contributed by atoms with E-state index in [4.69, 9.17) is 21.1 Å². The molecule has 0 saturated carbocycles. The third kappa shape index (κ3) is 4.94. The molecule has 0 aromatic heterocycles. The number of hydrogen-bond donors (Lipinski definition) is 0. The topological polar surface area (TPSA) is 47.9 Å². The molecule has 7 heteroatoms. The van der Waals surface area contributed by atoms with E-state index in [0.29, 0.717) is 22.9 Å². The van der Waals surface area contributed by atoms with E-state index in [-0.39, 0.29) is 11.6 Å². The van der Waals surface area contributed by atoms with Gasteiger partial charge in [0.15, 0.2) is 5.70 Å². The first-order valence-corrected chi connectivity index (χ1v) is 11.2. The average molecular weight is 595 g/mol. The van der Waals surface area contributed by atoms with E-state index in [0.717, 1.165) is 19.2 Å². The normalized spacial score (nSPS) is 14.6. The molecule has 1 heterocycles. The Balaban J connectivity index is 1.55. The number of halogens is 3. The van der Waals surface area contributed by atoms with Crippen LogP contribution in [-0.4, -0.2) is 11.9 Å². The molecule has 4 nitrogen and oxygen atoms in total. The summed E-state index contributed by atoms with van der Waals surface area (Å²) in [5.41, 5.74) is 2.63. The van der Waals surface area contributed by atoms with Crippen LogP contribution in [-0.2, 0) is 16.1 Å². The lowest BCUT2D eigenvalue weighted by Gasteiger charge is -2.08. The molecule has 0 atom stereocenters. The summed E-state index contributed by atoms with van der Waals surface area (Å²) in [7, 11) is 0. The van der Waals surface area contributed by atoms with Crippen LogP contribution in [0, 0.1) is 3.57 Å². The SMILES string of the molecule is O=C1OC(c2cc(I)ccc2Cl)=N/C1=C\c1cccc(OCc2ccccc2Br)c1. The fourth-order valence-electron chi connectivity index (χ4n) is 2.81. The number of ether oxygens (including phenoxy) is 2. The third-order valence-corrected chi connectivity index (χ3v) is 6.07. The lowest BCUT2D eigenvalue weighted by molar-refractivity contribution is -0.129. The maximum Gasteiger partial charge on any atom is 0.363 e. The molecule has 0 N–H and O–H groups in total. The molecule has 0 unspecified atom stereocenters. The van der Waals surface area contributed by atoms with Crippen molar-refractivity contribution in [1.82, 2.24) is 0 Å². The molecule has 3 aromatic carbocycles. The number of benzene rings is 3. The van der Waals surface area contributed by atoms with E-state index in [1.165, 1.54) is 0 Å². The van der Waals surface area contributed by atoms with Gasteiger partial charge in [-0.25, -0.2) is 9.79 Å². The highest BCUT2D eigenvalue weighted by Gasteiger charge is 2.25. The first-order chi connectivity index (χ1) is 14.5. The van der Waals surface area contributed by atoms with Gasteiger partial charge in [0.25, 0.3) is 0 Å². The quantitative estimate of drug-likeness (QED) is 0.189. The van der Waals surface area contributed by atoms with Crippen molar-refractivity contribution in [2.75, 3.05) is 0 Å². The molecule has 30 heavy (non-hydrogen) atoms. The highest BCUT2D eigenvalue weighted by atomic mass is 127. The smallest absolute Gasteiger partial charge is 0.363 e. The molecule has 0 bridgehead atoms. The lowest BCUT2D eigenvalue weighted by atomic mass is 10.2. The Morgan fingerprint density at radius 1 is 1.10 bits per heavy atom. The number of cyclic esters (lactones) is 1. The van der Waals surface area contributed by atoms with Crippen LogP contribution in [0.4, 0.5) is 0 Å². The third-order valence-electron chi connectivity index (χ3n) is 4.29. The summed E-state index contributed by atoms with van der Waals surface area (Å²) in [6.45, 7) is 0.428. The minimum atomic E-state index is -0.514. The summed E-state index contributed by atoms with van der Waals surface area (Å²) in [5, 5.41) is 0.477. The van der Waals surface area contributed by atoms with Crippen molar-refractivity contribution in [1.29, 1.82) is 0 Å². The Bertz CT molecular complexity index is 1190. The molecule has 150 valence electrons. The van der Waals surface area contributed by atoms with Crippen molar-refractivity contribution in [3.05, 3.63) is 102 Å². The Morgan fingerprint density at radius 3 is 2.77 bits per heavy atom. The highest BCUT2D eigenvalue weighted by molar-refractivity contribution is 14.1. The summed E-state index contributed by atoms with van der Waals surface area (Å²) < 4.78 is 13.2. The second kappa shape index (κ2) is 9.32. The van der Waals surface area contributed by atoms with Crippen LogP contribution in [0.3, 0.4) is 0 Å². The number of rotatable bonds is 5. The van der Waals surface area contributed by atoms with E-state index >= 15 is 0 Å². The van der Waals surface area contributed by atoms with Crippen LogP contribution in [0.2, 0.25) is 5.02 Å². The minimum absolute atomic E-state index is 0.205. The van der Waals surface area contributed by atoms with Crippen LogP contribution in [0.15, 0.2) is 81.9 Å². The summed E-state index contributed by atoms with van der Waals surface area (Å²) in [6, 6.07) is 20.8. The van der Waals surface area contributed by atoms with Gasteiger partial charge in [-0.15, -0.1) is 0 Å². The molecule has 0 fully saturated rings. The molecule has 0 saturated heterocycles. The average Bonchev–Trinajstić information content (AvgIpc) is 3.09. The molecule has 3 aromatic rings. The van der Waals surface area contributed by atoms with Crippen molar-refractivity contribution >= 4 is 68.1 Å². The summed E-state index contributed by atoms with van der Waals surface area (Å²) in [5.74, 6) is 0.381. The Morgan fingerprint density at radius 2 is 1.93 bits per heavy atom. The molecule has 0 amide bonds. The van der Waals surface area contributed by atoms with Crippen molar-refractivity contribution in [2.24, 2.45) is 4.99 Å². The zero-order valence-electron chi connectivity index (χ0n) is 15.4. The fourth-order valence-corrected chi connectivity index (χ4v) is 3.90. The summed E-state index contributed by atoms with van der Waals surface area (Å²) >= 11 is 11.9. The van der Waals surface area contributed by atoms with Gasteiger partial charge in [0, 0.05) is 13.6 Å². The maximum atomic E-state index is 12.3. The van der Waals surface area contributed by atoms with E-state index in [9.17, 15) is 4.79 Å². The van der Waals surface area contributed by atoms with Gasteiger partial charge in [-0.3, -0.25) is 0 Å². The lowest BCUT2D eigenvalue weighted by Crippen LogP contribution is -2.06. The van der Waals surface area contributed by atoms with Crippen LogP contribution < -0.4 is 4.74 Å². The largest absolute Gasteiger partial charge is 0.489 e. The number of hydrogen-bond acceptors (Lipinski definition) is 4. The second-order valence-corrected chi connectivity index (χ2v) is 8.92. The van der Waals surface area contributed by atoms with Crippen molar-refractivity contribution < 1.29 is 14.3 Å². The van der Waals surface area contributed by atoms with Gasteiger partial charge in [0.05, 0.1) is 10.6 Å². The first-order valence-electron chi connectivity index (χ1n) is 8.94. The van der Waals surface area contributed by atoms with Gasteiger partial charge in [-0.1, -0.05) is 57.9 Å². The van der Waals surface area contributed by atoms with Gasteiger partial charge in [0.2, 0.25) is 5.90 Å². The summed E-state index contributed by atoms with van der Waals surface area (Å²) in [6.07, 6.45) is 1.67. The Hall–Kier alpha value is -2.16. The van der Waals surface area contributed by atoms with E-state index in [1.54, 1.807) is 12.1 Å². The Labute approximate surface area is 200 Å². The standard InChI is InChI=1S/C23H14BrClINO3/c24-19-7-2-1-5-15(19)13-29-17-6-3-4-14(10-17)11-21-23(28)30-22(27-21)18-12-16(26)8-9-20(18)25/h1-12H,13H2/b21-11-.